The first-order valence-corrected chi connectivity index (χ1v) is 4.46. The van der Waals surface area contributed by atoms with Crippen molar-refractivity contribution < 1.29 is 9.90 Å². The van der Waals surface area contributed by atoms with Gasteiger partial charge in [-0.25, -0.2) is 0 Å². The van der Waals surface area contributed by atoms with Crippen LogP contribution >= 0.6 is 11.6 Å². The van der Waals surface area contributed by atoms with Gasteiger partial charge < -0.3 is 5.11 Å². The molecule has 0 amide bonds. The second kappa shape index (κ2) is 4.12. The maximum Gasteiger partial charge on any atom is 0.181 e. The largest absolute Gasteiger partial charge is 0.507 e. The summed E-state index contributed by atoms with van der Waals surface area (Å²) in [6.07, 6.45) is 0. The summed E-state index contributed by atoms with van der Waals surface area (Å²) >= 11 is 5.38. The third kappa shape index (κ3) is 1.86. The Morgan fingerprint density at radius 2 is 2.29 bits per heavy atom. The molecule has 0 radical (unpaired) electrons. The second-order valence-electron chi connectivity index (χ2n) is 2.86. The van der Waals surface area contributed by atoms with E-state index >= 15 is 0 Å². The number of benzene rings is 1. The van der Waals surface area contributed by atoms with E-state index in [4.69, 9.17) is 16.9 Å². The molecule has 0 atom stereocenters. The Hall–Kier alpha value is -1.53. The molecule has 1 aromatic rings. The van der Waals surface area contributed by atoms with Crippen molar-refractivity contribution in [1.29, 1.82) is 5.26 Å². The van der Waals surface area contributed by atoms with Crippen LogP contribution in [0.4, 0.5) is 0 Å². The molecular weight excluding hydrogens is 202 g/mol. The van der Waals surface area contributed by atoms with Crippen LogP contribution in [-0.2, 0) is 0 Å². The molecule has 4 heteroatoms. The summed E-state index contributed by atoms with van der Waals surface area (Å²) in [5, 5.41) is 18.1. The second-order valence-corrected chi connectivity index (χ2v) is 3.12. The summed E-state index contributed by atoms with van der Waals surface area (Å²) in [6, 6.07) is 4.69. The predicted molar refractivity (Wildman–Crippen MR) is 52.6 cm³/mol. The lowest BCUT2D eigenvalue weighted by molar-refractivity contribution is 0.101. The number of alkyl halides is 1. The van der Waals surface area contributed by atoms with Crippen LogP contribution < -0.4 is 0 Å². The van der Waals surface area contributed by atoms with Gasteiger partial charge in [0.05, 0.1) is 23.1 Å². The number of aromatic hydroxyl groups is 1. The Morgan fingerprint density at radius 3 is 2.71 bits per heavy atom. The Kier molecular flexibility index (Phi) is 3.10. The summed E-state index contributed by atoms with van der Waals surface area (Å²) in [6.45, 7) is 1.65. The van der Waals surface area contributed by atoms with Gasteiger partial charge in [-0.05, 0) is 24.6 Å². The van der Waals surface area contributed by atoms with Crippen LogP contribution in [0.3, 0.4) is 0 Å². The van der Waals surface area contributed by atoms with Gasteiger partial charge >= 0.3 is 0 Å². The van der Waals surface area contributed by atoms with E-state index in [9.17, 15) is 9.90 Å². The molecule has 0 fully saturated rings. The lowest BCUT2D eigenvalue weighted by atomic mass is 10.0. The van der Waals surface area contributed by atoms with Crippen LogP contribution in [0.2, 0.25) is 0 Å². The van der Waals surface area contributed by atoms with E-state index in [1.54, 1.807) is 13.0 Å². The number of Topliss-reactive ketones (excluding diaryl/α,β-unsaturated/α-hetero) is 1. The van der Waals surface area contributed by atoms with Gasteiger partial charge in [0, 0.05) is 0 Å². The van der Waals surface area contributed by atoms with Gasteiger partial charge in [0.1, 0.15) is 5.75 Å². The summed E-state index contributed by atoms with van der Waals surface area (Å²) in [7, 11) is 0. The van der Waals surface area contributed by atoms with Gasteiger partial charge in [-0.2, -0.15) is 5.26 Å². The van der Waals surface area contributed by atoms with Crippen LogP contribution in [0.1, 0.15) is 21.5 Å². The molecule has 0 aliphatic heterocycles. The van der Waals surface area contributed by atoms with Crippen molar-refractivity contribution in [1.82, 2.24) is 0 Å². The smallest absolute Gasteiger partial charge is 0.181 e. The van der Waals surface area contributed by atoms with Gasteiger partial charge in [0.2, 0.25) is 0 Å². The Bertz CT molecular complexity index is 398. The summed E-state index contributed by atoms with van der Waals surface area (Å²) in [4.78, 5) is 11.3. The van der Waals surface area contributed by atoms with Crippen LogP contribution in [0.15, 0.2) is 12.1 Å². The van der Waals surface area contributed by atoms with Crippen molar-refractivity contribution in [3.8, 4) is 11.8 Å². The van der Waals surface area contributed by atoms with E-state index in [2.05, 4.69) is 0 Å². The van der Waals surface area contributed by atoms with E-state index in [0.717, 1.165) is 0 Å². The molecule has 0 aromatic heterocycles. The first-order valence-electron chi connectivity index (χ1n) is 3.93. The molecule has 0 unspecified atom stereocenters. The highest BCUT2D eigenvalue weighted by atomic mass is 35.5. The average molecular weight is 210 g/mol. The molecular formula is C10H8ClNO2. The van der Waals surface area contributed by atoms with Gasteiger partial charge in [-0.1, -0.05) is 0 Å². The quantitative estimate of drug-likeness (QED) is 0.599. The highest BCUT2D eigenvalue weighted by Gasteiger charge is 2.14. The van der Waals surface area contributed by atoms with Crippen molar-refractivity contribution in [2.45, 2.75) is 6.92 Å². The number of aryl methyl sites for hydroxylation is 1. The van der Waals surface area contributed by atoms with Crippen LogP contribution in [0.25, 0.3) is 0 Å². The Balaban J connectivity index is 3.34. The molecule has 3 nitrogen and oxygen atoms in total. The van der Waals surface area contributed by atoms with Gasteiger partial charge in [-0.3, -0.25) is 4.79 Å². The van der Waals surface area contributed by atoms with Crippen molar-refractivity contribution >= 4 is 17.4 Å². The van der Waals surface area contributed by atoms with E-state index < -0.39 is 0 Å². The minimum Gasteiger partial charge on any atom is -0.507 e. The minimum atomic E-state index is -0.342. The zero-order valence-corrected chi connectivity index (χ0v) is 8.30. The van der Waals surface area contributed by atoms with E-state index in [-0.39, 0.29) is 23.0 Å². The number of rotatable bonds is 2. The third-order valence-corrected chi connectivity index (χ3v) is 2.09. The van der Waals surface area contributed by atoms with Crippen LogP contribution in [0, 0.1) is 18.3 Å². The molecule has 0 bridgehead atoms. The summed E-state index contributed by atoms with van der Waals surface area (Å²) in [5.74, 6) is -0.710. The summed E-state index contributed by atoms with van der Waals surface area (Å²) < 4.78 is 0. The van der Waals surface area contributed by atoms with E-state index in [1.807, 2.05) is 6.07 Å². The topological polar surface area (TPSA) is 61.1 Å². The number of phenols is 1. The third-order valence-electron chi connectivity index (χ3n) is 1.84. The maximum absolute atomic E-state index is 11.3. The minimum absolute atomic E-state index is 0.180. The number of hydrogen-bond acceptors (Lipinski definition) is 3. The highest BCUT2D eigenvalue weighted by molar-refractivity contribution is 6.31. The van der Waals surface area contributed by atoms with Crippen LogP contribution in [-0.4, -0.2) is 16.8 Å². The number of carbonyl (C=O) groups is 1. The van der Waals surface area contributed by atoms with Crippen molar-refractivity contribution in [3.63, 3.8) is 0 Å². The lowest BCUT2D eigenvalue weighted by Crippen LogP contribution is -2.03. The van der Waals surface area contributed by atoms with Gasteiger partial charge in [0.15, 0.2) is 5.78 Å². The molecule has 0 spiro atoms. The van der Waals surface area contributed by atoms with Crippen LogP contribution in [0.5, 0.6) is 5.75 Å². The lowest BCUT2D eigenvalue weighted by Gasteiger charge is -2.05. The van der Waals surface area contributed by atoms with E-state index in [1.165, 1.54) is 6.07 Å². The molecule has 0 aliphatic rings. The number of carbonyl (C=O) groups excluding carboxylic acids is 1. The number of hydrogen-bond donors (Lipinski definition) is 1. The number of ketones is 1. The zero-order valence-electron chi connectivity index (χ0n) is 7.54. The number of nitriles is 1. The normalized spacial score (nSPS) is 9.50. The van der Waals surface area contributed by atoms with Gasteiger partial charge in [0.25, 0.3) is 0 Å². The molecule has 14 heavy (non-hydrogen) atoms. The average Bonchev–Trinajstić information content (AvgIpc) is 2.16. The Morgan fingerprint density at radius 1 is 1.64 bits per heavy atom. The molecule has 0 heterocycles. The van der Waals surface area contributed by atoms with Gasteiger partial charge in [-0.15, -0.1) is 11.6 Å². The number of halogens is 1. The Labute approximate surface area is 86.5 Å². The van der Waals surface area contributed by atoms with Crippen molar-refractivity contribution in [2.24, 2.45) is 0 Å². The fourth-order valence-electron chi connectivity index (χ4n) is 1.26. The van der Waals surface area contributed by atoms with E-state index in [0.29, 0.717) is 11.1 Å². The SMILES string of the molecule is Cc1cc(C#N)cc(O)c1C(=O)CCl. The molecule has 1 N–H and O–H groups in total. The molecule has 0 saturated carbocycles. The molecule has 1 rings (SSSR count). The highest BCUT2D eigenvalue weighted by Crippen LogP contribution is 2.23. The monoisotopic (exact) mass is 209 g/mol. The standard InChI is InChI=1S/C10H8ClNO2/c1-6-2-7(5-12)3-8(13)10(6)9(14)4-11/h2-3,13H,4H2,1H3. The first-order chi connectivity index (χ1) is 6.60. The summed E-state index contributed by atoms with van der Waals surface area (Å²) in [5.41, 5.74) is 1.08. The maximum atomic E-state index is 11.3. The molecule has 0 aliphatic carbocycles. The molecule has 0 saturated heterocycles. The molecule has 1 aromatic carbocycles. The van der Waals surface area contributed by atoms with Crippen molar-refractivity contribution in [2.75, 3.05) is 5.88 Å². The zero-order chi connectivity index (χ0) is 10.7. The predicted octanol–water partition coefficient (Wildman–Crippen LogP) is 1.99. The number of phenolic OH excluding ortho intramolecular Hbond substituents is 1. The number of nitrogens with zero attached hydrogens (tertiary/aromatic N) is 1. The fourth-order valence-corrected chi connectivity index (χ4v) is 1.40. The molecule has 72 valence electrons. The van der Waals surface area contributed by atoms with Crippen molar-refractivity contribution in [3.05, 3.63) is 28.8 Å². The first kappa shape index (κ1) is 10.6. The fraction of sp³-hybridized carbons (Fsp3) is 0.200.